The van der Waals surface area contributed by atoms with Crippen molar-refractivity contribution in [1.29, 1.82) is 0 Å². The lowest BCUT2D eigenvalue weighted by Crippen LogP contribution is -2.51. The molecule has 0 saturated heterocycles. The molecule has 0 spiro atoms. The third-order valence-corrected chi connectivity index (χ3v) is 7.60. The first kappa shape index (κ1) is 32.0. The third-order valence-electron chi connectivity index (χ3n) is 5.41. The predicted octanol–water partition coefficient (Wildman–Crippen LogP) is 5.62. The largest absolute Gasteiger partial charge is 0.416 e. The third kappa shape index (κ3) is 8.65. The summed E-state index contributed by atoms with van der Waals surface area (Å²) in [5, 5.41) is 2.86. The number of halogens is 6. The zero-order chi connectivity index (χ0) is 29.0. The topological polar surface area (TPSA) is 86.8 Å². The van der Waals surface area contributed by atoms with Crippen molar-refractivity contribution >= 4 is 62.3 Å². The fourth-order valence-electron chi connectivity index (χ4n) is 3.34. The number of hydrogen-bond acceptors (Lipinski definition) is 4. The minimum Gasteiger partial charge on any atom is -0.354 e. The minimum absolute atomic E-state index is 0.120. The molecule has 2 aromatic rings. The summed E-state index contributed by atoms with van der Waals surface area (Å²) < 4.78 is 65.7. The summed E-state index contributed by atoms with van der Waals surface area (Å²) >= 11 is 18.1. The van der Waals surface area contributed by atoms with E-state index in [2.05, 4.69) is 5.32 Å². The predicted molar refractivity (Wildman–Crippen MR) is 143 cm³/mol. The summed E-state index contributed by atoms with van der Waals surface area (Å²) in [6.45, 7) is 4.46. The zero-order valence-corrected chi connectivity index (χ0v) is 24.0. The van der Waals surface area contributed by atoms with Gasteiger partial charge in [0.1, 0.15) is 12.6 Å². The first-order valence-corrected chi connectivity index (χ1v) is 14.3. The Morgan fingerprint density at radius 2 is 1.58 bits per heavy atom. The molecule has 0 radical (unpaired) electrons. The van der Waals surface area contributed by atoms with Gasteiger partial charge in [0.2, 0.25) is 21.8 Å². The van der Waals surface area contributed by atoms with Gasteiger partial charge in [-0.25, -0.2) is 8.42 Å². The SMILES string of the molecule is CC(C)CNC(=O)[C@H](C)N(Cc1ccc(Cl)c(Cl)c1)C(=O)CN(c1cc(C(F)(F)F)ccc1Cl)S(C)(=O)=O. The lowest BCUT2D eigenvalue weighted by Gasteiger charge is -2.32. The van der Waals surface area contributed by atoms with Gasteiger partial charge in [-0.05, 0) is 48.7 Å². The van der Waals surface area contributed by atoms with Crippen LogP contribution in [0.5, 0.6) is 0 Å². The Hall–Kier alpha value is -2.21. The van der Waals surface area contributed by atoms with Crippen LogP contribution in [0.3, 0.4) is 0 Å². The summed E-state index contributed by atoms with van der Waals surface area (Å²) in [6.07, 6.45) is -4.05. The number of carbonyl (C=O) groups is 2. The van der Waals surface area contributed by atoms with Crippen molar-refractivity contribution in [2.75, 3.05) is 23.7 Å². The van der Waals surface area contributed by atoms with Crippen molar-refractivity contribution < 1.29 is 31.2 Å². The van der Waals surface area contributed by atoms with E-state index in [1.54, 1.807) is 6.07 Å². The maximum atomic E-state index is 13.5. The maximum absolute atomic E-state index is 13.5. The maximum Gasteiger partial charge on any atom is 0.416 e. The smallest absolute Gasteiger partial charge is 0.354 e. The summed E-state index contributed by atoms with van der Waals surface area (Å²) in [5.74, 6) is -1.24. The molecule has 2 aromatic carbocycles. The average Bonchev–Trinajstić information content (AvgIpc) is 2.80. The molecule has 0 saturated carbocycles. The van der Waals surface area contributed by atoms with E-state index in [0.29, 0.717) is 28.5 Å². The van der Waals surface area contributed by atoms with Crippen LogP contribution in [0.2, 0.25) is 15.1 Å². The molecule has 14 heteroatoms. The number of hydrogen-bond donors (Lipinski definition) is 1. The Kier molecular flexibility index (Phi) is 10.7. The summed E-state index contributed by atoms with van der Waals surface area (Å²) in [6, 6.07) is 5.64. The van der Waals surface area contributed by atoms with E-state index in [1.807, 2.05) is 13.8 Å². The van der Waals surface area contributed by atoms with E-state index >= 15 is 0 Å². The van der Waals surface area contributed by atoms with Gasteiger partial charge in [-0.1, -0.05) is 54.7 Å². The molecule has 0 heterocycles. The number of amides is 2. The van der Waals surface area contributed by atoms with Crippen LogP contribution in [0.1, 0.15) is 31.9 Å². The van der Waals surface area contributed by atoms with Crippen LogP contribution in [0, 0.1) is 5.92 Å². The standard InChI is InChI=1S/C24H27Cl3F3N3O4S/c1-14(2)11-31-23(35)15(3)32(12-16-5-7-18(25)20(27)9-16)22(34)13-33(38(4,36)37)21-10-17(24(28,29)30)6-8-19(21)26/h5-10,14-15H,11-13H2,1-4H3,(H,31,35)/t15-/m0/s1. The Bertz CT molecular complexity index is 1290. The van der Waals surface area contributed by atoms with Crippen molar-refractivity contribution in [1.82, 2.24) is 10.2 Å². The van der Waals surface area contributed by atoms with E-state index < -0.39 is 51.9 Å². The first-order chi connectivity index (χ1) is 17.4. The van der Waals surface area contributed by atoms with Crippen molar-refractivity contribution in [3.05, 3.63) is 62.6 Å². The number of nitrogens with one attached hydrogen (secondary N) is 1. The van der Waals surface area contributed by atoms with Gasteiger partial charge in [0.05, 0.1) is 32.6 Å². The number of carbonyl (C=O) groups excluding carboxylic acids is 2. The zero-order valence-electron chi connectivity index (χ0n) is 20.9. The van der Waals surface area contributed by atoms with E-state index in [4.69, 9.17) is 34.8 Å². The van der Waals surface area contributed by atoms with Crippen molar-refractivity contribution in [2.24, 2.45) is 5.92 Å². The van der Waals surface area contributed by atoms with E-state index in [9.17, 15) is 31.2 Å². The van der Waals surface area contributed by atoms with Gasteiger partial charge in [-0.3, -0.25) is 13.9 Å². The van der Waals surface area contributed by atoms with Gasteiger partial charge in [0.15, 0.2) is 0 Å². The fraction of sp³-hybridized carbons (Fsp3) is 0.417. The molecule has 0 aliphatic heterocycles. The Labute approximate surface area is 234 Å². The molecule has 1 N–H and O–H groups in total. The molecule has 2 amide bonds. The van der Waals surface area contributed by atoms with Crippen molar-refractivity contribution in [3.63, 3.8) is 0 Å². The van der Waals surface area contributed by atoms with Crippen LogP contribution in [0.15, 0.2) is 36.4 Å². The number of anilines is 1. The van der Waals surface area contributed by atoms with Gasteiger partial charge in [-0.2, -0.15) is 13.2 Å². The lowest BCUT2D eigenvalue weighted by atomic mass is 10.1. The second-order valence-electron chi connectivity index (χ2n) is 9.02. The van der Waals surface area contributed by atoms with Crippen LogP contribution < -0.4 is 9.62 Å². The monoisotopic (exact) mass is 615 g/mol. The van der Waals surface area contributed by atoms with Crippen LogP contribution >= 0.6 is 34.8 Å². The molecular weight excluding hydrogens is 590 g/mol. The highest BCUT2D eigenvalue weighted by atomic mass is 35.5. The molecule has 0 aromatic heterocycles. The second kappa shape index (κ2) is 12.8. The highest BCUT2D eigenvalue weighted by molar-refractivity contribution is 7.92. The molecule has 0 aliphatic carbocycles. The highest BCUT2D eigenvalue weighted by Crippen LogP contribution is 2.36. The summed E-state index contributed by atoms with van der Waals surface area (Å²) in [4.78, 5) is 27.5. The minimum atomic E-state index is -4.78. The van der Waals surface area contributed by atoms with Gasteiger partial charge in [-0.15, -0.1) is 0 Å². The van der Waals surface area contributed by atoms with Crippen molar-refractivity contribution in [2.45, 2.75) is 39.5 Å². The first-order valence-electron chi connectivity index (χ1n) is 11.3. The van der Waals surface area contributed by atoms with E-state index in [1.165, 1.54) is 19.1 Å². The molecule has 210 valence electrons. The molecule has 7 nitrogen and oxygen atoms in total. The fourth-order valence-corrected chi connectivity index (χ4v) is 4.79. The number of alkyl halides is 3. The van der Waals surface area contributed by atoms with Gasteiger partial charge in [0, 0.05) is 13.1 Å². The Balaban J connectivity index is 2.50. The normalized spacial score (nSPS) is 12.8. The summed E-state index contributed by atoms with van der Waals surface area (Å²) in [7, 11) is -4.29. The van der Waals surface area contributed by atoms with E-state index in [0.717, 1.165) is 17.2 Å². The second-order valence-corrected chi connectivity index (χ2v) is 12.1. The molecule has 0 unspecified atom stereocenters. The quantitative estimate of drug-likeness (QED) is 0.376. The average molecular weight is 617 g/mol. The van der Waals surface area contributed by atoms with Crippen LogP contribution in [0.25, 0.3) is 0 Å². The molecular formula is C24H27Cl3F3N3O4S. The van der Waals surface area contributed by atoms with E-state index in [-0.39, 0.29) is 27.5 Å². The van der Waals surface area contributed by atoms with Crippen LogP contribution in [-0.4, -0.2) is 50.5 Å². The summed E-state index contributed by atoms with van der Waals surface area (Å²) in [5.41, 5.74) is -1.19. The molecule has 2 rings (SSSR count). The molecule has 1 atom stereocenters. The number of rotatable bonds is 10. The van der Waals surface area contributed by atoms with Gasteiger partial charge in [0.25, 0.3) is 0 Å². The van der Waals surface area contributed by atoms with Crippen LogP contribution in [-0.2, 0) is 32.3 Å². The van der Waals surface area contributed by atoms with Gasteiger partial charge >= 0.3 is 6.18 Å². The number of nitrogens with zero attached hydrogens (tertiary/aromatic N) is 2. The lowest BCUT2D eigenvalue weighted by molar-refractivity contribution is -0.139. The van der Waals surface area contributed by atoms with Crippen LogP contribution in [0.4, 0.5) is 18.9 Å². The highest BCUT2D eigenvalue weighted by Gasteiger charge is 2.34. The molecule has 0 aliphatic rings. The Morgan fingerprint density at radius 3 is 2.11 bits per heavy atom. The number of sulfonamides is 1. The van der Waals surface area contributed by atoms with Crippen molar-refractivity contribution in [3.8, 4) is 0 Å². The number of benzene rings is 2. The Morgan fingerprint density at radius 1 is 0.974 bits per heavy atom. The van der Waals surface area contributed by atoms with Gasteiger partial charge < -0.3 is 10.2 Å². The molecule has 38 heavy (non-hydrogen) atoms. The molecule has 0 bridgehead atoms. The molecule has 0 fully saturated rings.